The molecule has 22 heavy (non-hydrogen) atoms. The summed E-state index contributed by atoms with van der Waals surface area (Å²) in [4.78, 5) is 10.1. The van der Waals surface area contributed by atoms with Gasteiger partial charge in [-0.2, -0.15) is 0 Å². The Labute approximate surface area is 134 Å². The van der Waals surface area contributed by atoms with Crippen molar-refractivity contribution in [1.82, 2.24) is 10.0 Å². The molecule has 122 valence electrons. The summed E-state index contributed by atoms with van der Waals surface area (Å²) < 4.78 is 27.7. The van der Waals surface area contributed by atoms with Crippen LogP contribution in [-0.2, 0) is 10.0 Å². The Hall–Kier alpha value is -1.22. The van der Waals surface area contributed by atoms with E-state index in [2.05, 4.69) is 10.0 Å². The van der Waals surface area contributed by atoms with Crippen LogP contribution in [0, 0.1) is 23.0 Å². The van der Waals surface area contributed by atoms with Crippen LogP contribution in [0.1, 0.15) is 18.9 Å². The van der Waals surface area contributed by atoms with E-state index >= 15 is 0 Å². The summed E-state index contributed by atoms with van der Waals surface area (Å²) in [5, 5.41) is 13.8. The monoisotopic (exact) mass is 347 g/mol. The quantitative estimate of drug-likeness (QED) is 0.639. The summed E-state index contributed by atoms with van der Waals surface area (Å²) in [5.41, 5.74) is 0.0585. The van der Waals surface area contributed by atoms with E-state index in [0.29, 0.717) is 12.1 Å². The maximum absolute atomic E-state index is 12.5. The van der Waals surface area contributed by atoms with Crippen molar-refractivity contribution in [2.45, 2.75) is 31.2 Å². The molecule has 1 heterocycles. The van der Waals surface area contributed by atoms with E-state index in [4.69, 9.17) is 11.6 Å². The molecule has 2 atom stereocenters. The van der Waals surface area contributed by atoms with E-state index in [9.17, 15) is 18.5 Å². The molecule has 0 amide bonds. The summed E-state index contributed by atoms with van der Waals surface area (Å²) in [6, 6.07) is 2.33. The fourth-order valence-electron chi connectivity index (χ4n) is 2.46. The van der Waals surface area contributed by atoms with Crippen molar-refractivity contribution in [3.63, 3.8) is 0 Å². The first-order valence-electron chi connectivity index (χ1n) is 6.90. The highest BCUT2D eigenvalue weighted by atomic mass is 35.5. The molecular weight excluding hydrogens is 330 g/mol. The van der Waals surface area contributed by atoms with Crippen molar-refractivity contribution in [2.24, 2.45) is 5.92 Å². The van der Waals surface area contributed by atoms with Crippen LogP contribution in [0.15, 0.2) is 17.0 Å². The minimum Gasteiger partial charge on any atom is -0.315 e. The first kappa shape index (κ1) is 17.1. The Balaban J connectivity index is 2.39. The Bertz CT molecular complexity index is 693. The number of nitro benzene ring substituents is 1. The van der Waals surface area contributed by atoms with Crippen molar-refractivity contribution >= 4 is 27.3 Å². The van der Waals surface area contributed by atoms with Crippen LogP contribution in [0.2, 0.25) is 5.02 Å². The van der Waals surface area contributed by atoms with Gasteiger partial charge in [0.25, 0.3) is 5.69 Å². The fourth-order valence-corrected chi connectivity index (χ4v) is 4.46. The predicted molar refractivity (Wildman–Crippen MR) is 83.6 cm³/mol. The topological polar surface area (TPSA) is 101 Å². The molecule has 1 aromatic rings. The second-order valence-corrected chi connectivity index (χ2v) is 7.61. The smallest absolute Gasteiger partial charge is 0.289 e. The van der Waals surface area contributed by atoms with Crippen LogP contribution < -0.4 is 10.0 Å². The van der Waals surface area contributed by atoms with Gasteiger partial charge in [-0.25, -0.2) is 13.1 Å². The van der Waals surface area contributed by atoms with Gasteiger partial charge in [-0.05, 0) is 37.4 Å². The van der Waals surface area contributed by atoms with Crippen molar-refractivity contribution in [1.29, 1.82) is 0 Å². The van der Waals surface area contributed by atoms with Gasteiger partial charge in [0, 0.05) is 18.7 Å². The second-order valence-electron chi connectivity index (χ2n) is 5.55. The number of hydrogen-bond acceptors (Lipinski definition) is 5. The van der Waals surface area contributed by atoms with E-state index < -0.39 is 20.6 Å². The molecule has 1 aliphatic heterocycles. The minimum atomic E-state index is -3.93. The molecule has 1 aliphatic rings. The van der Waals surface area contributed by atoms with Gasteiger partial charge in [0.15, 0.2) is 0 Å². The van der Waals surface area contributed by atoms with Crippen LogP contribution in [0.25, 0.3) is 0 Å². The third-order valence-electron chi connectivity index (χ3n) is 3.78. The second kappa shape index (κ2) is 6.49. The number of nitro groups is 1. The number of benzene rings is 1. The molecule has 2 unspecified atom stereocenters. The number of nitrogens with one attached hydrogen (secondary N) is 2. The summed E-state index contributed by atoms with van der Waals surface area (Å²) >= 11 is 5.94. The number of aryl methyl sites for hydroxylation is 1. The lowest BCUT2D eigenvalue weighted by molar-refractivity contribution is -0.385. The van der Waals surface area contributed by atoms with E-state index in [-0.39, 0.29) is 21.9 Å². The maximum atomic E-state index is 12.5. The largest absolute Gasteiger partial charge is 0.315 e. The van der Waals surface area contributed by atoms with E-state index in [1.165, 1.54) is 12.1 Å². The molecule has 0 spiro atoms. The van der Waals surface area contributed by atoms with Gasteiger partial charge in [0.05, 0.1) is 4.92 Å². The molecule has 2 rings (SSSR count). The van der Waals surface area contributed by atoms with Gasteiger partial charge in [-0.1, -0.05) is 18.5 Å². The molecule has 9 heteroatoms. The molecule has 2 N–H and O–H groups in total. The molecule has 1 aromatic carbocycles. The minimum absolute atomic E-state index is 0.176. The highest BCUT2D eigenvalue weighted by molar-refractivity contribution is 7.89. The SMILES string of the molecule is Cc1cc([N+](=O)[O-])c(Cl)c(S(=O)(=O)NC2CNCCC2C)c1. The number of hydrogen-bond donors (Lipinski definition) is 2. The third kappa shape index (κ3) is 3.57. The Morgan fingerprint density at radius 2 is 2.14 bits per heavy atom. The van der Waals surface area contributed by atoms with Crippen molar-refractivity contribution in [2.75, 3.05) is 13.1 Å². The molecule has 0 radical (unpaired) electrons. The zero-order valence-corrected chi connectivity index (χ0v) is 13.9. The number of piperidine rings is 1. The molecule has 0 saturated carbocycles. The van der Waals surface area contributed by atoms with Crippen LogP contribution in [0.4, 0.5) is 5.69 Å². The lowest BCUT2D eigenvalue weighted by Crippen LogP contribution is -2.50. The van der Waals surface area contributed by atoms with E-state index in [1.807, 2.05) is 6.92 Å². The molecule has 1 fully saturated rings. The molecule has 0 aromatic heterocycles. The van der Waals surface area contributed by atoms with Gasteiger partial charge in [-0.15, -0.1) is 0 Å². The molecule has 1 saturated heterocycles. The molecular formula is C13H18ClN3O4S. The predicted octanol–water partition coefficient (Wildman–Crippen LogP) is 1.83. The lowest BCUT2D eigenvalue weighted by Gasteiger charge is -2.30. The number of halogens is 1. The lowest BCUT2D eigenvalue weighted by atomic mass is 9.96. The summed E-state index contributed by atoms with van der Waals surface area (Å²) in [5.74, 6) is 0.176. The first-order chi connectivity index (χ1) is 10.2. The number of rotatable bonds is 4. The summed E-state index contributed by atoms with van der Waals surface area (Å²) in [6.45, 7) is 4.92. The molecule has 0 aliphatic carbocycles. The number of nitrogens with zero attached hydrogens (tertiary/aromatic N) is 1. The van der Waals surface area contributed by atoms with Gasteiger partial charge >= 0.3 is 0 Å². The Morgan fingerprint density at radius 1 is 1.45 bits per heavy atom. The highest BCUT2D eigenvalue weighted by Gasteiger charge is 2.30. The summed E-state index contributed by atoms with van der Waals surface area (Å²) in [7, 11) is -3.93. The van der Waals surface area contributed by atoms with Gasteiger partial charge in [0.1, 0.15) is 9.92 Å². The Kier molecular flexibility index (Phi) is 5.06. The molecule has 0 bridgehead atoms. The van der Waals surface area contributed by atoms with Gasteiger partial charge in [-0.3, -0.25) is 10.1 Å². The van der Waals surface area contributed by atoms with Crippen LogP contribution >= 0.6 is 11.6 Å². The van der Waals surface area contributed by atoms with Crippen molar-refractivity contribution in [3.05, 3.63) is 32.8 Å². The average molecular weight is 348 g/mol. The van der Waals surface area contributed by atoms with Crippen LogP contribution in [0.5, 0.6) is 0 Å². The first-order valence-corrected chi connectivity index (χ1v) is 8.76. The zero-order chi connectivity index (χ0) is 16.5. The highest BCUT2D eigenvalue weighted by Crippen LogP contribution is 2.32. The zero-order valence-electron chi connectivity index (χ0n) is 12.3. The normalized spacial score (nSPS) is 22.5. The van der Waals surface area contributed by atoms with Crippen molar-refractivity contribution < 1.29 is 13.3 Å². The van der Waals surface area contributed by atoms with E-state index in [0.717, 1.165) is 13.0 Å². The van der Waals surface area contributed by atoms with Crippen molar-refractivity contribution in [3.8, 4) is 0 Å². The third-order valence-corrected chi connectivity index (χ3v) is 5.81. The summed E-state index contributed by atoms with van der Waals surface area (Å²) in [6.07, 6.45) is 0.856. The van der Waals surface area contributed by atoms with Gasteiger partial charge in [0.2, 0.25) is 10.0 Å². The fraction of sp³-hybridized carbons (Fsp3) is 0.538. The number of sulfonamides is 1. The van der Waals surface area contributed by atoms with Gasteiger partial charge < -0.3 is 5.32 Å². The standard InChI is InChI=1S/C13H18ClN3O4S/c1-8-5-11(17(18)19)13(14)12(6-8)22(20,21)16-10-7-15-4-3-9(10)2/h5-6,9-10,15-16H,3-4,7H2,1-2H3. The molecule has 7 nitrogen and oxygen atoms in total. The van der Waals surface area contributed by atoms with Crippen LogP contribution in [0.3, 0.4) is 0 Å². The van der Waals surface area contributed by atoms with Crippen LogP contribution in [-0.4, -0.2) is 32.5 Å². The van der Waals surface area contributed by atoms with E-state index in [1.54, 1.807) is 6.92 Å². The maximum Gasteiger partial charge on any atom is 0.289 e. The average Bonchev–Trinajstić information content (AvgIpc) is 2.43. The Morgan fingerprint density at radius 3 is 2.73 bits per heavy atom.